The molecule has 0 aliphatic rings. The second-order valence-corrected chi connectivity index (χ2v) is 4.34. The predicted octanol–water partition coefficient (Wildman–Crippen LogP) is 1.44. The molecule has 0 amide bonds. The molecule has 0 aliphatic carbocycles. The number of nitrogens with two attached hydrogens (primary N) is 1. The van der Waals surface area contributed by atoms with Crippen molar-refractivity contribution in [2.24, 2.45) is 0 Å². The number of hydrogen-bond acceptors (Lipinski definition) is 5. The van der Waals surface area contributed by atoms with Crippen LogP contribution in [0.2, 0.25) is 0 Å². The van der Waals surface area contributed by atoms with Crippen LogP contribution in [0.15, 0.2) is 42.7 Å². The average Bonchev–Trinajstić information content (AvgIpc) is 2.50. The van der Waals surface area contributed by atoms with Crippen LogP contribution in [-0.2, 0) is 0 Å². The first-order valence-electron chi connectivity index (χ1n) is 6.16. The molecule has 2 aromatic heterocycles. The van der Waals surface area contributed by atoms with Gasteiger partial charge in [0.2, 0.25) is 5.95 Å². The van der Waals surface area contributed by atoms with Crippen LogP contribution in [-0.4, -0.2) is 14.7 Å². The lowest BCUT2D eigenvalue weighted by Gasteiger charge is -2.14. The second-order valence-electron chi connectivity index (χ2n) is 4.34. The maximum absolute atomic E-state index is 12.2. The maximum atomic E-state index is 12.2. The first-order chi connectivity index (χ1) is 10.1. The third kappa shape index (κ3) is 2.44. The van der Waals surface area contributed by atoms with Crippen LogP contribution >= 0.6 is 0 Å². The molecule has 0 saturated carbocycles. The maximum Gasteiger partial charge on any atom is 0.286 e. The molecule has 7 heteroatoms. The SMILES string of the molecule is Nc1nccc(/C=C/c2c[n+](=O)c3ccccc3n2[O-])n1. The summed E-state index contributed by atoms with van der Waals surface area (Å²) in [6.45, 7) is 0. The van der Waals surface area contributed by atoms with E-state index in [2.05, 4.69) is 9.97 Å². The van der Waals surface area contributed by atoms with E-state index in [1.165, 1.54) is 18.5 Å². The topological polar surface area (TPSA) is 103 Å². The molecule has 0 aliphatic heterocycles. The van der Waals surface area contributed by atoms with E-state index in [0.717, 1.165) is 0 Å². The van der Waals surface area contributed by atoms with Gasteiger partial charge in [-0.25, -0.2) is 9.97 Å². The van der Waals surface area contributed by atoms with Gasteiger partial charge in [-0.2, -0.15) is 0 Å². The van der Waals surface area contributed by atoms with Crippen LogP contribution < -0.4 is 10.2 Å². The van der Waals surface area contributed by atoms with Gasteiger partial charge in [0.15, 0.2) is 0 Å². The van der Waals surface area contributed by atoms with Gasteiger partial charge in [-0.1, -0.05) is 12.1 Å². The molecule has 0 saturated heterocycles. The van der Waals surface area contributed by atoms with Gasteiger partial charge in [-0.3, -0.25) is 0 Å². The molecule has 3 aromatic rings. The Hall–Kier alpha value is -3.22. The number of benzene rings is 1. The first-order valence-corrected chi connectivity index (χ1v) is 6.16. The van der Waals surface area contributed by atoms with Crippen molar-refractivity contribution in [3.05, 3.63) is 64.2 Å². The standard InChI is InChI=1S/C14H11N5O2/c15-14-16-8-7-10(17-14)5-6-11-9-18(20)12-3-1-2-4-13(12)19(11)21/h1-9H,(H2,15,16,17)/b6-5+. The lowest BCUT2D eigenvalue weighted by molar-refractivity contribution is -0.464. The molecule has 0 unspecified atom stereocenters. The third-order valence-corrected chi connectivity index (χ3v) is 2.94. The zero-order valence-corrected chi connectivity index (χ0v) is 10.9. The highest BCUT2D eigenvalue weighted by Gasteiger charge is 2.09. The zero-order valence-electron chi connectivity index (χ0n) is 10.9. The molecule has 7 nitrogen and oxygen atoms in total. The molecule has 0 spiro atoms. The quantitative estimate of drug-likeness (QED) is 0.716. The third-order valence-electron chi connectivity index (χ3n) is 2.94. The van der Waals surface area contributed by atoms with Crippen molar-refractivity contribution in [3.63, 3.8) is 0 Å². The number of nitrogen functional groups attached to an aromatic ring is 1. The molecule has 21 heavy (non-hydrogen) atoms. The Morgan fingerprint density at radius 1 is 1.24 bits per heavy atom. The number of aromatic nitrogens is 4. The van der Waals surface area contributed by atoms with Crippen molar-refractivity contribution in [3.8, 4) is 0 Å². The van der Waals surface area contributed by atoms with Gasteiger partial charge in [0.25, 0.3) is 11.7 Å². The van der Waals surface area contributed by atoms with Gasteiger partial charge in [0.1, 0.15) is 11.2 Å². The Balaban J connectivity index is 2.09. The summed E-state index contributed by atoms with van der Waals surface area (Å²) in [6, 6.07) is 8.24. The monoisotopic (exact) mass is 281 g/mol. The molecule has 0 atom stereocenters. The normalized spacial score (nSPS) is 11.2. The van der Waals surface area contributed by atoms with Gasteiger partial charge in [0, 0.05) is 17.2 Å². The number of anilines is 1. The molecule has 0 radical (unpaired) electrons. The van der Waals surface area contributed by atoms with E-state index in [9.17, 15) is 10.1 Å². The first kappa shape index (κ1) is 12.8. The fraction of sp³-hybridized carbons (Fsp3) is 0. The summed E-state index contributed by atoms with van der Waals surface area (Å²) >= 11 is 0. The Kier molecular flexibility index (Phi) is 3.07. The fourth-order valence-electron chi connectivity index (χ4n) is 1.97. The molecule has 0 fully saturated rings. The number of fused-ring (bicyclic) bond motifs is 1. The highest BCUT2D eigenvalue weighted by atomic mass is 16.5. The van der Waals surface area contributed by atoms with Crippen LogP contribution in [0.25, 0.3) is 23.2 Å². The number of hydrogen-bond donors (Lipinski definition) is 1. The molecule has 0 bridgehead atoms. The average molecular weight is 281 g/mol. The predicted molar refractivity (Wildman–Crippen MR) is 79.4 cm³/mol. The largest absolute Gasteiger partial charge is 0.805 e. The van der Waals surface area contributed by atoms with E-state index < -0.39 is 0 Å². The fourth-order valence-corrected chi connectivity index (χ4v) is 1.97. The van der Waals surface area contributed by atoms with Crippen LogP contribution in [0.4, 0.5) is 5.95 Å². The van der Waals surface area contributed by atoms with E-state index >= 15 is 0 Å². The molecule has 104 valence electrons. The van der Waals surface area contributed by atoms with E-state index in [1.54, 1.807) is 36.4 Å². The Morgan fingerprint density at radius 3 is 2.86 bits per heavy atom. The number of nitrogens with zero attached hydrogens (tertiary/aromatic N) is 4. The van der Waals surface area contributed by atoms with Crippen molar-refractivity contribution < 1.29 is 4.43 Å². The summed E-state index contributed by atoms with van der Waals surface area (Å²) in [5.74, 6) is 0.143. The van der Waals surface area contributed by atoms with E-state index in [1.807, 2.05) is 0 Å². The van der Waals surface area contributed by atoms with Crippen molar-refractivity contribution in [2.45, 2.75) is 0 Å². The summed E-state index contributed by atoms with van der Waals surface area (Å²) in [5.41, 5.74) is 6.86. The van der Waals surface area contributed by atoms with Crippen molar-refractivity contribution in [1.29, 1.82) is 0 Å². The molecular weight excluding hydrogens is 270 g/mol. The molecule has 2 N–H and O–H groups in total. The lowest BCUT2D eigenvalue weighted by Crippen LogP contribution is -2.18. The lowest BCUT2D eigenvalue weighted by atomic mass is 10.2. The Bertz CT molecular complexity index is 901. The van der Waals surface area contributed by atoms with E-state index in [0.29, 0.717) is 25.9 Å². The molecule has 3 rings (SSSR count). The van der Waals surface area contributed by atoms with Crippen molar-refractivity contribution in [2.75, 3.05) is 5.73 Å². The number of rotatable bonds is 2. The van der Waals surface area contributed by atoms with Gasteiger partial charge in [-0.05, 0) is 24.3 Å². The van der Waals surface area contributed by atoms with E-state index in [-0.39, 0.29) is 11.6 Å². The minimum absolute atomic E-state index is 0.143. The number of para-hydroxylation sites is 2. The minimum atomic E-state index is 0.143. The van der Waals surface area contributed by atoms with Crippen LogP contribution in [0.1, 0.15) is 11.4 Å². The smallest absolute Gasteiger partial charge is 0.286 e. The summed E-state index contributed by atoms with van der Waals surface area (Å²) in [7, 11) is 0. The summed E-state index contributed by atoms with van der Waals surface area (Å²) < 4.78 is 1.36. The Labute approximate surface area is 119 Å². The second kappa shape index (κ2) is 5.04. The highest BCUT2D eigenvalue weighted by molar-refractivity contribution is 5.75. The minimum Gasteiger partial charge on any atom is -0.805 e. The van der Waals surface area contributed by atoms with Crippen molar-refractivity contribution >= 4 is 29.1 Å². The van der Waals surface area contributed by atoms with Gasteiger partial charge >= 0.3 is 0 Å². The summed E-state index contributed by atoms with van der Waals surface area (Å²) in [6.07, 6.45) is 5.84. The Morgan fingerprint density at radius 2 is 2.05 bits per heavy atom. The van der Waals surface area contributed by atoms with E-state index in [4.69, 9.17) is 5.73 Å². The molecule has 1 aromatic carbocycles. The highest BCUT2D eigenvalue weighted by Crippen LogP contribution is 2.12. The molecule has 2 heterocycles. The van der Waals surface area contributed by atoms with Gasteiger partial charge in [-0.15, -0.1) is 0 Å². The molecular formula is C14H11N5O2. The van der Waals surface area contributed by atoms with Crippen molar-refractivity contribution in [1.82, 2.24) is 14.7 Å². The van der Waals surface area contributed by atoms with Gasteiger partial charge in [0.05, 0.1) is 10.1 Å². The van der Waals surface area contributed by atoms with Crippen LogP contribution in [0.5, 0.6) is 0 Å². The summed E-state index contributed by atoms with van der Waals surface area (Å²) in [5, 5.41) is 12.2. The van der Waals surface area contributed by atoms with Crippen LogP contribution in [0, 0.1) is 10.1 Å². The van der Waals surface area contributed by atoms with Crippen LogP contribution in [0.3, 0.4) is 0 Å². The van der Waals surface area contributed by atoms with Gasteiger partial charge < -0.3 is 15.7 Å². The summed E-state index contributed by atoms with van der Waals surface area (Å²) in [4.78, 5) is 19.7. The zero-order chi connectivity index (χ0) is 14.8.